The van der Waals surface area contributed by atoms with E-state index in [0.29, 0.717) is 0 Å². The van der Waals surface area contributed by atoms with Gasteiger partial charge in [-0.3, -0.25) is 4.79 Å². The zero-order valence-corrected chi connectivity index (χ0v) is 9.46. The number of nitrogens with one attached hydrogen (secondary N) is 1. The third kappa shape index (κ3) is 4.25. The Morgan fingerprint density at radius 2 is 2.17 bits per heavy atom. The van der Waals surface area contributed by atoms with Crippen LogP contribution in [0.25, 0.3) is 0 Å². The molecule has 0 aliphatic carbocycles. The summed E-state index contributed by atoms with van der Waals surface area (Å²) in [6.45, 7) is -0.690. The number of hydrogen-bond donors (Lipinski definition) is 2. The molecule has 4 nitrogen and oxygen atoms in total. The average Bonchev–Trinajstić information content (AvgIpc) is 2.31. The van der Waals surface area contributed by atoms with Gasteiger partial charge >= 0.3 is 0 Å². The molecule has 0 unspecified atom stereocenters. The fourth-order valence-corrected chi connectivity index (χ4v) is 1.24. The number of ether oxygens (including phenoxy) is 1. The van der Waals surface area contributed by atoms with E-state index in [1.165, 1.54) is 12.1 Å². The van der Waals surface area contributed by atoms with Crippen molar-refractivity contribution in [2.45, 2.75) is 6.43 Å². The van der Waals surface area contributed by atoms with E-state index in [1.807, 2.05) is 0 Å². The van der Waals surface area contributed by atoms with E-state index in [0.717, 1.165) is 6.07 Å². The van der Waals surface area contributed by atoms with Crippen LogP contribution in [0.15, 0.2) is 18.2 Å². The number of alkyl halides is 2. The third-order valence-corrected chi connectivity index (χ3v) is 2.07. The number of nitrogens with two attached hydrogens (primary N) is 1. The first-order valence-corrected chi connectivity index (χ1v) is 5.20. The van der Waals surface area contributed by atoms with Gasteiger partial charge in [-0.05, 0) is 12.1 Å². The quantitative estimate of drug-likeness (QED) is 0.602. The second kappa shape index (κ2) is 6.85. The van der Waals surface area contributed by atoms with Crippen molar-refractivity contribution in [3.63, 3.8) is 0 Å². The molecule has 1 aromatic rings. The number of carbonyl (C=O) groups is 1. The molecule has 100 valence electrons. The maximum Gasteiger partial charge on any atom is 0.261 e. The number of rotatable bonds is 6. The van der Waals surface area contributed by atoms with Crippen LogP contribution in [0.2, 0.25) is 0 Å². The molecule has 18 heavy (non-hydrogen) atoms. The molecule has 0 saturated carbocycles. The number of benzene rings is 1. The van der Waals surface area contributed by atoms with Crippen molar-refractivity contribution in [2.75, 3.05) is 25.5 Å². The van der Waals surface area contributed by atoms with Gasteiger partial charge in [0, 0.05) is 6.54 Å². The Balaban J connectivity index is 2.39. The summed E-state index contributed by atoms with van der Waals surface area (Å²) in [6.07, 6.45) is -2.54. The molecule has 0 spiro atoms. The molecule has 0 fully saturated rings. The van der Waals surface area contributed by atoms with Crippen molar-refractivity contribution in [2.24, 2.45) is 0 Å². The topological polar surface area (TPSA) is 64.4 Å². The van der Waals surface area contributed by atoms with Crippen LogP contribution in [0, 0.1) is 5.82 Å². The van der Waals surface area contributed by atoms with Crippen LogP contribution >= 0.6 is 0 Å². The second-order valence-corrected chi connectivity index (χ2v) is 3.42. The van der Waals surface area contributed by atoms with E-state index < -0.39 is 24.8 Å². The minimum absolute atomic E-state index is 0.00357. The molecule has 3 N–H and O–H groups in total. The Morgan fingerprint density at radius 3 is 2.83 bits per heavy atom. The summed E-state index contributed by atoms with van der Waals surface area (Å²) in [5.41, 5.74) is 5.14. The molecule has 0 bridgehead atoms. The molecule has 0 radical (unpaired) electrons. The highest BCUT2D eigenvalue weighted by Crippen LogP contribution is 2.15. The van der Waals surface area contributed by atoms with Crippen molar-refractivity contribution in [3.8, 4) is 0 Å². The summed E-state index contributed by atoms with van der Waals surface area (Å²) >= 11 is 0. The predicted octanol–water partition coefficient (Wildman–Crippen LogP) is 1.42. The van der Waals surface area contributed by atoms with Gasteiger partial charge in [0.05, 0.1) is 17.9 Å². The molecule has 1 aromatic carbocycles. The van der Waals surface area contributed by atoms with Crippen LogP contribution in [0.4, 0.5) is 18.9 Å². The number of carbonyl (C=O) groups excluding carboxylic acids is 1. The van der Waals surface area contributed by atoms with Crippen LogP contribution < -0.4 is 11.1 Å². The van der Waals surface area contributed by atoms with Gasteiger partial charge < -0.3 is 15.8 Å². The first kappa shape index (κ1) is 14.3. The molecular weight excluding hydrogens is 249 g/mol. The smallest absolute Gasteiger partial charge is 0.261 e. The van der Waals surface area contributed by atoms with Crippen LogP contribution in [0.5, 0.6) is 0 Å². The second-order valence-electron chi connectivity index (χ2n) is 3.42. The van der Waals surface area contributed by atoms with Gasteiger partial charge in [-0.15, -0.1) is 0 Å². The lowest BCUT2D eigenvalue weighted by molar-refractivity contribution is 0.0188. The summed E-state index contributed by atoms with van der Waals surface area (Å²) < 4.78 is 41.0. The summed E-state index contributed by atoms with van der Waals surface area (Å²) in [6, 6.07) is 3.86. The number of amides is 1. The van der Waals surface area contributed by atoms with Gasteiger partial charge in [-0.1, -0.05) is 6.07 Å². The van der Waals surface area contributed by atoms with Gasteiger partial charge in [-0.2, -0.15) is 0 Å². The molecule has 0 aliphatic heterocycles. The lowest BCUT2D eigenvalue weighted by Gasteiger charge is -2.08. The van der Waals surface area contributed by atoms with Crippen molar-refractivity contribution in [1.82, 2.24) is 5.32 Å². The van der Waals surface area contributed by atoms with Crippen molar-refractivity contribution >= 4 is 11.6 Å². The van der Waals surface area contributed by atoms with Crippen LogP contribution in [-0.4, -0.2) is 32.1 Å². The largest absolute Gasteiger partial charge is 0.396 e. The lowest BCUT2D eigenvalue weighted by atomic mass is 10.1. The first-order valence-electron chi connectivity index (χ1n) is 5.20. The molecule has 0 aromatic heterocycles. The van der Waals surface area contributed by atoms with Crippen LogP contribution in [0.1, 0.15) is 10.4 Å². The lowest BCUT2D eigenvalue weighted by Crippen LogP contribution is -2.28. The van der Waals surface area contributed by atoms with Crippen molar-refractivity contribution in [3.05, 3.63) is 29.6 Å². The predicted molar refractivity (Wildman–Crippen MR) is 60.0 cm³/mol. The van der Waals surface area contributed by atoms with Gasteiger partial charge in [0.2, 0.25) is 0 Å². The molecule has 1 rings (SSSR count). The van der Waals surface area contributed by atoms with E-state index in [2.05, 4.69) is 10.1 Å². The van der Waals surface area contributed by atoms with Crippen LogP contribution in [-0.2, 0) is 4.74 Å². The number of hydrogen-bond acceptors (Lipinski definition) is 3. The molecule has 7 heteroatoms. The van der Waals surface area contributed by atoms with Crippen molar-refractivity contribution in [1.29, 1.82) is 0 Å². The highest BCUT2D eigenvalue weighted by Gasteiger charge is 2.11. The summed E-state index contributed by atoms with van der Waals surface area (Å²) in [5.74, 6) is -1.26. The maximum absolute atomic E-state index is 13.1. The normalized spacial score (nSPS) is 10.7. The summed E-state index contributed by atoms with van der Waals surface area (Å²) in [4.78, 5) is 11.6. The van der Waals surface area contributed by atoms with E-state index in [-0.39, 0.29) is 24.4 Å². The van der Waals surface area contributed by atoms with E-state index in [1.54, 1.807) is 0 Å². The SMILES string of the molecule is Nc1c(F)cccc1C(=O)NCCOCC(F)F. The standard InChI is InChI=1S/C11H13F3N2O2/c12-8-3-1-2-7(10(8)15)11(17)16-4-5-18-6-9(13)14/h1-3,9H,4-6,15H2,(H,16,17). The molecular formula is C11H13F3N2O2. The van der Waals surface area contributed by atoms with E-state index in [4.69, 9.17) is 5.73 Å². The van der Waals surface area contributed by atoms with Gasteiger partial charge in [0.1, 0.15) is 12.4 Å². The molecule has 0 saturated heterocycles. The molecule has 0 heterocycles. The fraction of sp³-hybridized carbons (Fsp3) is 0.364. The number of halogens is 3. The van der Waals surface area contributed by atoms with Gasteiger partial charge in [0.25, 0.3) is 12.3 Å². The van der Waals surface area contributed by atoms with E-state index >= 15 is 0 Å². The summed E-state index contributed by atoms with van der Waals surface area (Å²) in [5, 5.41) is 2.39. The minimum Gasteiger partial charge on any atom is -0.396 e. The summed E-state index contributed by atoms with van der Waals surface area (Å²) in [7, 11) is 0. The van der Waals surface area contributed by atoms with Crippen molar-refractivity contribution < 1.29 is 22.7 Å². The minimum atomic E-state index is -2.54. The van der Waals surface area contributed by atoms with Crippen LogP contribution in [0.3, 0.4) is 0 Å². The maximum atomic E-state index is 13.1. The van der Waals surface area contributed by atoms with Gasteiger partial charge in [-0.25, -0.2) is 13.2 Å². The Morgan fingerprint density at radius 1 is 1.44 bits per heavy atom. The highest BCUT2D eigenvalue weighted by atomic mass is 19.3. The average molecular weight is 262 g/mol. The zero-order chi connectivity index (χ0) is 13.5. The third-order valence-electron chi connectivity index (χ3n) is 2.07. The Bertz CT molecular complexity index is 413. The number of nitrogen functional groups attached to an aromatic ring is 1. The molecule has 0 aliphatic rings. The Labute approximate surface area is 102 Å². The highest BCUT2D eigenvalue weighted by molar-refractivity contribution is 5.99. The molecule has 1 amide bonds. The Hall–Kier alpha value is -1.76. The Kier molecular flexibility index (Phi) is 5.44. The van der Waals surface area contributed by atoms with Gasteiger partial charge in [0.15, 0.2) is 0 Å². The first-order chi connectivity index (χ1) is 8.52. The van der Waals surface area contributed by atoms with E-state index in [9.17, 15) is 18.0 Å². The number of para-hydroxylation sites is 1. The zero-order valence-electron chi connectivity index (χ0n) is 9.46. The number of anilines is 1. The monoisotopic (exact) mass is 262 g/mol. The molecule has 0 atom stereocenters. The fourth-order valence-electron chi connectivity index (χ4n) is 1.24.